The number of nitrogens with one attached hydrogen (secondary N) is 4. The smallest absolute Gasteiger partial charge is 0.278 e. The highest BCUT2D eigenvalue weighted by atomic mass is 16.6. The topological polar surface area (TPSA) is 444 Å². The molecule has 1 aromatic carbocycles. The molecule has 1 aromatic heterocycles. The van der Waals surface area contributed by atoms with Crippen molar-refractivity contribution in [3.8, 4) is 0 Å². The van der Waals surface area contributed by atoms with Crippen LogP contribution in [0.15, 0.2) is 29.1 Å². The van der Waals surface area contributed by atoms with Crippen molar-refractivity contribution in [1.82, 2.24) is 15.3 Å². The third-order valence-electron chi connectivity index (χ3n) is 9.29. The van der Waals surface area contributed by atoms with E-state index >= 15 is 0 Å². The first-order chi connectivity index (χ1) is 26.8. The minimum atomic E-state index is -1.58. The van der Waals surface area contributed by atoms with Gasteiger partial charge in [-0.2, -0.15) is 4.98 Å². The van der Waals surface area contributed by atoms with Gasteiger partial charge in [0.05, 0.1) is 31.3 Å². The molecule has 25 nitrogen and oxygen atoms in total. The number of carbonyl (C=O) groups excluding carboxylic acids is 3. The fourth-order valence-corrected chi connectivity index (χ4v) is 5.71. The largest absolute Gasteiger partial charge is 0.550 e. The number of hydrogen-bond acceptors (Lipinski definition) is 21. The molecular weight excluding hydrogens is 766 g/mol. The van der Waals surface area contributed by atoms with Crippen molar-refractivity contribution in [3.63, 3.8) is 0 Å². The number of quaternary nitrogens is 2. The molecular formula is C32H51N9O16. The number of ether oxygens (including phenoxy) is 2. The molecule has 25 heteroatoms. The van der Waals surface area contributed by atoms with Gasteiger partial charge in [-0.15, -0.1) is 0 Å². The molecule has 2 fully saturated rings. The van der Waals surface area contributed by atoms with Gasteiger partial charge in [-0.05, 0) is 37.1 Å². The quantitative estimate of drug-likeness (QED) is 0.100. The number of fused-ring (bicyclic) bond motifs is 1. The van der Waals surface area contributed by atoms with E-state index in [1.807, 2.05) is 0 Å². The minimum absolute atomic E-state index is 0.0326. The summed E-state index contributed by atoms with van der Waals surface area (Å²) >= 11 is 0. The standard InChI is InChI=1S/C20H25N7O6.2C6H13NO5/c1-27-12(9-23-16-15(27)18(31)26-20(21)25-16)8-22-11-4-2-10(3-5-11)17(30)24-13(19(32)33)6-7-14(28)29;2*7-3-5(10)4(9)2(1-8)12-6(3)11/h2-5,12-13,22H,6-9H2,1H3,(H,24,30)(H,28,29)(H,32,33)(H4,21,23,25,26,31);2*2-6,8-11H,1,7H2/t;2*2-,3?,4-,5-,6?/m.11/s1. The van der Waals surface area contributed by atoms with Gasteiger partial charge in [0, 0.05) is 37.4 Å². The van der Waals surface area contributed by atoms with Crippen LogP contribution < -0.4 is 53.8 Å². The number of nitrogen functional groups attached to an aromatic ring is 1. The number of anilines is 4. The van der Waals surface area contributed by atoms with Crippen LogP contribution in [0.3, 0.4) is 0 Å². The Morgan fingerprint density at radius 2 is 1.47 bits per heavy atom. The Hall–Kier alpha value is -4.77. The average molecular weight is 818 g/mol. The van der Waals surface area contributed by atoms with Gasteiger partial charge in [-0.1, -0.05) is 0 Å². The number of hydrogen-bond donors (Lipinski definition) is 15. The normalized spacial score (nSPS) is 29.8. The number of amides is 1. The van der Waals surface area contributed by atoms with E-state index in [2.05, 4.69) is 37.4 Å². The fourth-order valence-electron chi connectivity index (χ4n) is 5.71. The number of carboxylic acids is 2. The highest BCUT2D eigenvalue weighted by molar-refractivity contribution is 5.96. The second-order valence-corrected chi connectivity index (χ2v) is 13.3. The molecule has 0 spiro atoms. The van der Waals surface area contributed by atoms with E-state index in [0.717, 1.165) is 0 Å². The first-order valence-corrected chi connectivity index (χ1v) is 17.5. The Balaban J connectivity index is 0.000000294. The van der Waals surface area contributed by atoms with Crippen molar-refractivity contribution < 1.29 is 86.4 Å². The maximum Gasteiger partial charge on any atom is 0.278 e. The van der Waals surface area contributed by atoms with Gasteiger partial charge >= 0.3 is 0 Å². The van der Waals surface area contributed by atoms with Gasteiger partial charge < -0.3 is 108 Å². The van der Waals surface area contributed by atoms with E-state index < -0.39 is 105 Å². The predicted molar refractivity (Wildman–Crippen MR) is 189 cm³/mol. The van der Waals surface area contributed by atoms with E-state index in [4.69, 9.17) is 35.6 Å². The number of H-pyrrole nitrogens is 1. The summed E-state index contributed by atoms with van der Waals surface area (Å²) in [5.41, 5.74) is 13.3. The zero-order chi connectivity index (χ0) is 42.7. The van der Waals surface area contributed by atoms with Crippen LogP contribution in [0.25, 0.3) is 0 Å². The van der Waals surface area contributed by atoms with Gasteiger partial charge in [-0.3, -0.25) is 14.6 Å². The summed E-state index contributed by atoms with van der Waals surface area (Å²) in [7, 11) is 1.78. The second-order valence-electron chi connectivity index (χ2n) is 13.3. The Morgan fingerprint density at radius 1 is 0.947 bits per heavy atom. The number of nitrogens with zero attached hydrogens (tertiary/aromatic N) is 2. The highest BCUT2D eigenvalue weighted by Gasteiger charge is 2.45. The molecule has 57 heavy (non-hydrogen) atoms. The lowest BCUT2D eigenvalue weighted by atomic mass is 9.98. The number of aliphatic hydroxyl groups excluding tert-OH is 8. The molecule has 12 atom stereocenters. The molecule has 3 aliphatic rings. The van der Waals surface area contributed by atoms with Crippen LogP contribution >= 0.6 is 0 Å². The average Bonchev–Trinajstić information content (AvgIpc) is 3.17. The van der Waals surface area contributed by atoms with Crippen molar-refractivity contribution >= 4 is 41.0 Å². The molecule has 0 radical (unpaired) electrons. The maximum atomic E-state index is 12.3. The SMILES string of the molecule is CN1c2c(nc(N)[nH]c2=O)NCC1CNc1ccc(C(=O)NC(CCC(=O)[O-])C(=O)[O-])cc1.[NH3+]C1C(O)O[C@H](CO)[C@@H](O)[C@@H]1O.[NH3+]C1C(O)O[C@H](CO)[C@@H](O)[C@@H]1O. The summed E-state index contributed by atoms with van der Waals surface area (Å²) < 4.78 is 9.53. The summed E-state index contributed by atoms with van der Waals surface area (Å²) in [6, 6.07) is 3.17. The van der Waals surface area contributed by atoms with Gasteiger partial charge in [0.15, 0.2) is 17.9 Å². The number of likely N-dealkylation sites (N-methyl/N-ethyl adjacent to an activating group) is 1. The molecule has 0 saturated carbocycles. The van der Waals surface area contributed by atoms with Gasteiger partial charge in [0.1, 0.15) is 42.3 Å². The maximum absolute atomic E-state index is 12.3. The first-order valence-electron chi connectivity index (χ1n) is 17.5. The number of aromatic nitrogens is 2. The van der Waals surface area contributed by atoms with Crippen LogP contribution in [-0.2, 0) is 19.1 Å². The van der Waals surface area contributed by atoms with Gasteiger partial charge in [-0.25, -0.2) is 0 Å². The van der Waals surface area contributed by atoms with Crippen LogP contribution in [0, 0.1) is 0 Å². The number of nitrogens with two attached hydrogens (primary N) is 1. The molecule has 1 amide bonds. The van der Waals surface area contributed by atoms with Crippen LogP contribution in [0.1, 0.15) is 23.2 Å². The third kappa shape index (κ3) is 12.4. The fraction of sp³-hybridized carbons (Fsp3) is 0.594. The molecule has 0 bridgehead atoms. The van der Waals surface area contributed by atoms with E-state index in [9.17, 15) is 49.8 Å². The Morgan fingerprint density at radius 3 is 1.95 bits per heavy atom. The molecule has 3 aliphatic heterocycles. The minimum Gasteiger partial charge on any atom is -0.550 e. The summed E-state index contributed by atoms with van der Waals surface area (Å²) in [6.07, 6.45) is -9.92. The van der Waals surface area contributed by atoms with Crippen molar-refractivity contribution in [1.29, 1.82) is 0 Å². The molecule has 2 aromatic rings. The van der Waals surface area contributed by atoms with Crippen molar-refractivity contribution in [2.45, 2.75) is 86.2 Å². The van der Waals surface area contributed by atoms with Gasteiger partial charge in [0.2, 0.25) is 18.5 Å². The summed E-state index contributed by atoms with van der Waals surface area (Å²) in [5.74, 6) is -3.22. The number of aliphatic carboxylic acids is 2. The molecule has 320 valence electrons. The Kier molecular flexibility index (Phi) is 17.3. The van der Waals surface area contributed by atoms with Crippen molar-refractivity contribution in [2.75, 3.05) is 54.6 Å². The molecule has 20 N–H and O–H groups in total. The number of aromatic amines is 1. The molecule has 5 rings (SSSR count). The summed E-state index contributed by atoms with van der Waals surface area (Å²) in [5, 5.41) is 103. The summed E-state index contributed by atoms with van der Waals surface area (Å²) in [6.45, 7) is 0.0989. The number of carboxylic acid groups (broad SMARTS) is 2. The van der Waals surface area contributed by atoms with Crippen LogP contribution in [-0.4, -0.2) is 175 Å². The van der Waals surface area contributed by atoms with Crippen LogP contribution in [0.4, 0.5) is 23.1 Å². The number of benzene rings is 1. The van der Waals surface area contributed by atoms with E-state index in [1.165, 1.54) is 12.1 Å². The van der Waals surface area contributed by atoms with E-state index in [-0.39, 0.29) is 29.5 Å². The Bertz CT molecular complexity index is 1650. The van der Waals surface area contributed by atoms with Crippen molar-refractivity contribution in [3.05, 3.63) is 40.2 Å². The van der Waals surface area contributed by atoms with E-state index in [0.29, 0.717) is 30.3 Å². The zero-order valence-corrected chi connectivity index (χ0v) is 30.7. The van der Waals surface area contributed by atoms with E-state index in [1.54, 1.807) is 24.1 Å². The predicted octanol–water partition coefficient (Wildman–Crippen LogP) is -10.9. The lowest BCUT2D eigenvalue weighted by Gasteiger charge is -2.36. The molecule has 2 saturated heterocycles. The molecule has 4 heterocycles. The van der Waals surface area contributed by atoms with Crippen LogP contribution in [0.5, 0.6) is 0 Å². The van der Waals surface area contributed by atoms with Crippen molar-refractivity contribution in [2.24, 2.45) is 0 Å². The zero-order valence-electron chi connectivity index (χ0n) is 30.7. The van der Waals surface area contributed by atoms with Gasteiger partial charge in [0.25, 0.3) is 11.5 Å². The number of aliphatic hydroxyl groups is 8. The second kappa shape index (κ2) is 21.1. The monoisotopic (exact) mass is 817 g/mol. The number of rotatable bonds is 11. The molecule has 6 unspecified atom stereocenters. The molecule has 0 aliphatic carbocycles. The Labute approximate surface area is 323 Å². The highest BCUT2D eigenvalue weighted by Crippen LogP contribution is 2.25. The summed E-state index contributed by atoms with van der Waals surface area (Å²) in [4.78, 5) is 54.5. The van der Waals surface area contributed by atoms with Crippen LogP contribution in [0.2, 0.25) is 0 Å². The lowest BCUT2D eigenvalue weighted by Crippen LogP contribution is -2.77. The first kappa shape index (κ1) is 46.6. The number of carbonyl (C=O) groups is 3. The lowest BCUT2D eigenvalue weighted by molar-refractivity contribution is -0.498. The third-order valence-corrected chi connectivity index (χ3v) is 9.29.